The van der Waals surface area contributed by atoms with Crippen molar-refractivity contribution in [1.82, 2.24) is 9.80 Å². The minimum Gasteiger partial charge on any atom is -0.490 e. The number of fused-ring (bicyclic) bond motifs is 4. The molecule has 1 amide bonds. The van der Waals surface area contributed by atoms with E-state index >= 15 is 0 Å². The van der Waals surface area contributed by atoms with Gasteiger partial charge in [-0.2, -0.15) is 0 Å². The van der Waals surface area contributed by atoms with Gasteiger partial charge >= 0.3 is 6.09 Å². The molecule has 3 heterocycles. The number of amides is 1. The number of likely N-dealkylation sites (tertiary alicyclic amines) is 1. The van der Waals surface area contributed by atoms with Gasteiger partial charge in [-0.25, -0.2) is 4.79 Å². The number of carbonyl (C=O) groups excluding carboxylic acids is 1. The zero-order valence-electron chi connectivity index (χ0n) is 25.4. The molecule has 4 rings (SSSR count). The number of hydrogen-bond acceptors (Lipinski definition) is 6. The van der Waals surface area contributed by atoms with E-state index in [9.17, 15) is 4.79 Å². The summed E-state index contributed by atoms with van der Waals surface area (Å²) in [6.45, 7) is 15.2. The molecule has 3 aliphatic heterocycles. The van der Waals surface area contributed by atoms with E-state index in [4.69, 9.17) is 18.9 Å². The molecule has 1 aromatic rings. The van der Waals surface area contributed by atoms with Crippen molar-refractivity contribution >= 4 is 6.09 Å². The molecule has 0 bridgehead atoms. The standard InChI is InChI=1S/C32H50N2O5/c1-22(2)12-10-16-32(6)25-20-23-21-34(30(35)39-31(3,4)5)18-15-26(23)37-28(25)24-13-9-14-27(29(24)38-32)36-19-11-17-33(7)8/h9,12-14,23,25-26,28H,10-11,15-21H2,1-8H3/t23-,25-,26-,28+,32+/m0/s1. The molecule has 7 heteroatoms. The molecule has 1 aromatic carbocycles. The second kappa shape index (κ2) is 12.1. The van der Waals surface area contributed by atoms with Crippen molar-refractivity contribution in [2.45, 2.75) is 97.1 Å². The summed E-state index contributed by atoms with van der Waals surface area (Å²) in [7, 11) is 4.16. The van der Waals surface area contributed by atoms with Crippen LogP contribution in [0.2, 0.25) is 0 Å². The molecule has 0 aliphatic carbocycles. The van der Waals surface area contributed by atoms with Crippen molar-refractivity contribution in [3.8, 4) is 11.5 Å². The Hall–Kier alpha value is -2.25. The van der Waals surface area contributed by atoms with Gasteiger partial charge in [-0.1, -0.05) is 23.8 Å². The maximum Gasteiger partial charge on any atom is 0.410 e. The lowest BCUT2D eigenvalue weighted by molar-refractivity contribution is -0.191. The van der Waals surface area contributed by atoms with Gasteiger partial charge in [0.05, 0.1) is 18.8 Å². The Bertz CT molecular complexity index is 1030. The van der Waals surface area contributed by atoms with E-state index in [1.807, 2.05) is 31.7 Å². The fourth-order valence-corrected chi connectivity index (χ4v) is 6.24. The monoisotopic (exact) mass is 542 g/mol. The van der Waals surface area contributed by atoms with Crippen LogP contribution in [0, 0.1) is 11.8 Å². The van der Waals surface area contributed by atoms with Gasteiger partial charge in [0, 0.05) is 37.0 Å². The number of nitrogens with zero attached hydrogens (tertiary/aromatic N) is 2. The summed E-state index contributed by atoms with van der Waals surface area (Å²) < 4.78 is 25.9. The van der Waals surface area contributed by atoms with E-state index in [0.717, 1.165) is 55.7 Å². The molecular formula is C32H50N2O5. The third kappa shape index (κ3) is 7.29. The lowest BCUT2D eigenvalue weighted by Gasteiger charge is -2.54. The van der Waals surface area contributed by atoms with Gasteiger partial charge in [0.25, 0.3) is 0 Å². The minimum atomic E-state index is -0.501. The van der Waals surface area contributed by atoms with Crippen LogP contribution in [-0.4, -0.2) is 73.5 Å². The first-order valence-electron chi connectivity index (χ1n) is 14.7. The largest absolute Gasteiger partial charge is 0.490 e. The first-order valence-corrected chi connectivity index (χ1v) is 14.7. The third-order valence-electron chi connectivity index (χ3n) is 8.20. The highest BCUT2D eigenvalue weighted by Crippen LogP contribution is 2.56. The van der Waals surface area contributed by atoms with Crippen LogP contribution < -0.4 is 9.47 Å². The highest BCUT2D eigenvalue weighted by molar-refractivity contribution is 5.68. The molecule has 0 spiro atoms. The van der Waals surface area contributed by atoms with Crippen molar-refractivity contribution < 1.29 is 23.7 Å². The number of hydrogen-bond donors (Lipinski definition) is 0. The van der Waals surface area contributed by atoms with E-state index in [2.05, 4.69) is 58.0 Å². The SMILES string of the molecule is CC(C)=CCC[C@@]1(C)Oc2c(OCCCN(C)C)cccc2[C@H]2O[C@H]3CCN(C(=O)OC(C)(C)C)C[C@@H]3C[C@@H]21. The van der Waals surface area contributed by atoms with Crippen LogP contribution in [-0.2, 0) is 9.47 Å². The third-order valence-corrected chi connectivity index (χ3v) is 8.20. The van der Waals surface area contributed by atoms with Crippen LogP contribution >= 0.6 is 0 Å². The van der Waals surface area contributed by atoms with Crippen LogP contribution in [0.15, 0.2) is 29.8 Å². The maximum absolute atomic E-state index is 12.9. The van der Waals surface area contributed by atoms with Gasteiger partial charge in [0.2, 0.25) is 0 Å². The molecule has 0 saturated carbocycles. The van der Waals surface area contributed by atoms with Crippen LogP contribution in [0.1, 0.15) is 85.3 Å². The predicted molar refractivity (Wildman–Crippen MR) is 154 cm³/mol. The van der Waals surface area contributed by atoms with Gasteiger partial charge in [0.15, 0.2) is 11.5 Å². The molecule has 5 atom stereocenters. The number of carbonyl (C=O) groups is 1. The molecular weight excluding hydrogens is 492 g/mol. The van der Waals surface area contributed by atoms with E-state index < -0.39 is 11.2 Å². The van der Waals surface area contributed by atoms with Gasteiger partial charge < -0.3 is 28.7 Å². The second-order valence-electron chi connectivity index (χ2n) is 13.3. The van der Waals surface area contributed by atoms with Crippen molar-refractivity contribution in [1.29, 1.82) is 0 Å². The second-order valence-corrected chi connectivity index (χ2v) is 13.3. The Labute approximate surface area is 235 Å². The number of rotatable bonds is 8. The van der Waals surface area contributed by atoms with Crippen LogP contribution in [0.3, 0.4) is 0 Å². The fraction of sp³-hybridized carbons (Fsp3) is 0.719. The fourth-order valence-electron chi connectivity index (χ4n) is 6.24. The van der Waals surface area contributed by atoms with Crippen LogP contribution in [0.4, 0.5) is 4.79 Å². The van der Waals surface area contributed by atoms with E-state index in [1.165, 1.54) is 5.57 Å². The Morgan fingerprint density at radius 1 is 1.26 bits per heavy atom. The first-order chi connectivity index (χ1) is 18.4. The van der Waals surface area contributed by atoms with Crippen molar-refractivity contribution in [3.05, 3.63) is 35.4 Å². The molecule has 0 radical (unpaired) electrons. The number of benzene rings is 1. The highest BCUT2D eigenvalue weighted by Gasteiger charge is 2.54. The molecule has 2 fully saturated rings. The normalized spacial score (nSPS) is 28.1. The van der Waals surface area contributed by atoms with Crippen molar-refractivity contribution in [3.63, 3.8) is 0 Å². The first kappa shape index (κ1) is 29.7. The molecule has 0 unspecified atom stereocenters. The van der Waals surface area contributed by atoms with E-state index in [0.29, 0.717) is 19.7 Å². The average molecular weight is 543 g/mol. The Morgan fingerprint density at radius 3 is 2.72 bits per heavy atom. The summed E-state index contributed by atoms with van der Waals surface area (Å²) in [4.78, 5) is 16.9. The zero-order valence-corrected chi connectivity index (χ0v) is 25.4. The molecule has 0 aromatic heterocycles. The molecule has 3 aliphatic rings. The van der Waals surface area contributed by atoms with Gasteiger partial charge in [-0.3, -0.25) is 0 Å². The zero-order chi connectivity index (χ0) is 28.4. The van der Waals surface area contributed by atoms with Crippen LogP contribution in [0.25, 0.3) is 0 Å². The van der Waals surface area contributed by atoms with Gasteiger partial charge in [0.1, 0.15) is 11.2 Å². The summed E-state index contributed by atoms with van der Waals surface area (Å²) >= 11 is 0. The van der Waals surface area contributed by atoms with Crippen molar-refractivity contribution in [2.75, 3.05) is 40.3 Å². The van der Waals surface area contributed by atoms with Gasteiger partial charge in [-0.15, -0.1) is 0 Å². The summed E-state index contributed by atoms with van der Waals surface area (Å²) in [6, 6.07) is 6.23. The summed E-state index contributed by atoms with van der Waals surface area (Å²) in [5.41, 5.74) is 1.50. The minimum absolute atomic E-state index is 0.0508. The highest BCUT2D eigenvalue weighted by atomic mass is 16.6. The number of ether oxygens (including phenoxy) is 4. The predicted octanol–water partition coefficient (Wildman–Crippen LogP) is 6.62. The average Bonchev–Trinajstić information content (AvgIpc) is 2.84. The molecule has 218 valence electrons. The number of allylic oxidation sites excluding steroid dienone is 2. The Morgan fingerprint density at radius 2 is 2.03 bits per heavy atom. The lowest BCUT2D eigenvalue weighted by Crippen LogP contribution is -2.57. The molecule has 39 heavy (non-hydrogen) atoms. The Balaban J connectivity index is 1.58. The lowest BCUT2D eigenvalue weighted by atomic mass is 9.68. The summed E-state index contributed by atoms with van der Waals surface area (Å²) in [6.07, 6.45) is 6.69. The molecule has 0 N–H and O–H groups in total. The summed E-state index contributed by atoms with van der Waals surface area (Å²) in [5, 5.41) is 0. The summed E-state index contributed by atoms with van der Waals surface area (Å²) in [5.74, 6) is 2.09. The van der Waals surface area contributed by atoms with E-state index in [1.54, 1.807) is 0 Å². The van der Waals surface area contributed by atoms with Crippen molar-refractivity contribution in [2.24, 2.45) is 11.8 Å². The topological polar surface area (TPSA) is 60.5 Å². The van der Waals surface area contributed by atoms with Crippen LogP contribution in [0.5, 0.6) is 11.5 Å². The molecule has 7 nitrogen and oxygen atoms in total. The van der Waals surface area contributed by atoms with Gasteiger partial charge in [-0.05, 0) is 93.8 Å². The molecule has 2 saturated heterocycles. The smallest absolute Gasteiger partial charge is 0.410 e. The number of para-hydroxylation sites is 1. The maximum atomic E-state index is 12.9. The Kier molecular flexibility index (Phi) is 9.22. The number of piperidine rings is 1. The van der Waals surface area contributed by atoms with E-state index in [-0.39, 0.29) is 30.1 Å². The quantitative estimate of drug-likeness (QED) is 0.272.